The van der Waals surface area contributed by atoms with E-state index in [1.54, 1.807) is 17.3 Å². The number of pyridine rings is 1. The monoisotopic (exact) mass is 289 g/mol. The van der Waals surface area contributed by atoms with Gasteiger partial charge < -0.3 is 5.32 Å². The molecule has 1 aromatic heterocycles. The van der Waals surface area contributed by atoms with Crippen LogP contribution in [0.25, 0.3) is 0 Å². The molecule has 1 saturated heterocycles. The molecule has 21 heavy (non-hydrogen) atoms. The summed E-state index contributed by atoms with van der Waals surface area (Å²) in [5.41, 5.74) is 1.68. The van der Waals surface area contributed by atoms with E-state index in [9.17, 15) is 9.59 Å². The Morgan fingerprint density at radius 3 is 2.62 bits per heavy atom. The van der Waals surface area contributed by atoms with Crippen molar-refractivity contribution >= 4 is 17.5 Å². The summed E-state index contributed by atoms with van der Waals surface area (Å²) >= 11 is 0. The number of aromatic nitrogens is 1. The Bertz CT molecular complexity index is 542. The number of nitrogens with zero attached hydrogens (tertiary/aromatic N) is 2. The van der Waals surface area contributed by atoms with Crippen molar-refractivity contribution in [2.45, 2.75) is 52.6 Å². The molecule has 2 heterocycles. The molecule has 1 N–H and O–H groups in total. The van der Waals surface area contributed by atoms with Gasteiger partial charge in [-0.1, -0.05) is 20.8 Å². The van der Waals surface area contributed by atoms with Crippen LogP contribution in [0.1, 0.15) is 39.2 Å². The largest absolute Gasteiger partial charge is 0.342 e. The summed E-state index contributed by atoms with van der Waals surface area (Å²) in [6, 6.07) is 1.00. The second-order valence-electron chi connectivity index (χ2n) is 6.04. The fraction of sp³-hybridized carbons (Fsp3) is 0.562. The van der Waals surface area contributed by atoms with Crippen molar-refractivity contribution in [1.82, 2.24) is 10.3 Å². The zero-order valence-corrected chi connectivity index (χ0v) is 13.1. The van der Waals surface area contributed by atoms with Crippen LogP contribution in [-0.4, -0.2) is 28.9 Å². The fourth-order valence-electron chi connectivity index (χ4n) is 2.75. The minimum absolute atomic E-state index is 0.0393. The Balaban J connectivity index is 2.37. The van der Waals surface area contributed by atoms with Crippen molar-refractivity contribution in [3.63, 3.8) is 0 Å². The molecule has 0 aliphatic carbocycles. The Kier molecular flexibility index (Phi) is 4.60. The maximum atomic E-state index is 12.8. The quantitative estimate of drug-likeness (QED) is 0.922. The molecule has 2 amide bonds. The summed E-state index contributed by atoms with van der Waals surface area (Å²) in [6.45, 7) is 7.93. The van der Waals surface area contributed by atoms with Crippen molar-refractivity contribution in [1.29, 1.82) is 0 Å². The lowest BCUT2D eigenvalue weighted by atomic mass is 9.97. The molecule has 1 fully saturated rings. The minimum Gasteiger partial charge on any atom is -0.342 e. The van der Waals surface area contributed by atoms with E-state index in [2.05, 4.69) is 10.3 Å². The first-order valence-electron chi connectivity index (χ1n) is 7.49. The Labute approximate surface area is 125 Å². The zero-order valence-electron chi connectivity index (χ0n) is 13.1. The van der Waals surface area contributed by atoms with Crippen LogP contribution in [-0.2, 0) is 9.59 Å². The summed E-state index contributed by atoms with van der Waals surface area (Å²) in [5.74, 6) is 0.224. The normalized spacial score (nSPS) is 22.6. The van der Waals surface area contributed by atoms with E-state index in [0.29, 0.717) is 24.4 Å². The number of amides is 2. The first kappa shape index (κ1) is 15.5. The lowest BCUT2D eigenvalue weighted by Crippen LogP contribution is -2.63. The molecule has 0 aromatic carbocycles. The third-order valence-corrected chi connectivity index (χ3v) is 3.70. The standard InChI is InChI=1S/C16H23N3O2/c1-5-14-15(20)18-13(6-10(2)3)16(21)19(14)12-7-11(4)8-17-9-12/h7-10,13-14H,5-6H2,1-4H3,(H,18,20). The van der Waals surface area contributed by atoms with Crippen LogP contribution in [0.5, 0.6) is 0 Å². The summed E-state index contributed by atoms with van der Waals surface area (Å²) in [6.07, 6.45) is 4.62. The molecule has 2 unspecified atom stereocenters. The highest BCUT2D eigenvalue weighted by Crippen LogP contribution is 2.25. The fourth-order valence-corrected chi connectivity index (χ4v) is 2.75. The Hall–Kier alpha value is -1.91. The topological polar surface area (TPSA) is 62.3 Å². The Morgan fingerprint density at radius 2 is 2.05 bits per heavy atom. The van der Waals surface area contributed by atoms with Gasteiger partial charge in [-0.3, -0.25) is 19.5 Å². The van der Waals surface area contributed by atoms with Crippen LogP contribution < -0.4 is 10.2 Å². The van der Waals surface area contributed by atoms with Crippen molar-refractivity contribution < 1.29 is 9.59 Å². The van der Waals surface area contributed by atoms with Crippen molar-refractivity contribution in [2.24, 2.45) is 5.92 Å². The predicted molar refractivity (Wildman–Crippen MR) is 81.9 cm³/mol. The van der Waals surface area contributed by atoms with Crippen molar-refractivity contribution in [2.75, 3.05) is 4.90 Å². The van der Waals surface area contributed by atoms with Crippen LogP contribution in [0.4, 0.5) is 5.69 Å². The average Bonchev–Trinajstić information content (AvgIpc) is 2.41. The van der Waals surface area contributed by atoms with Crippen molar-refractivity contribution in [3.05, 3.63) is 24.0 Å². The smallest absolute Gasteiger partial charge is 0.250 e. The number of hydrogen-bond acceptors (Lipinski definition) is 3. The van der Waals surface area contributed by atoms with Gasteiger partial charge >= 0.3 is 0 Å². The third-order valence-electron chi connectivity index (χ3n) is 3.70. The minimum atomic E-state index is -0.454. The van der Waals surface area contributed by atoms with Gasteiger partial charge in [0.05, 0.1) is 11.9 Å². The van der Waals surface area contributed by atoms with Crippen LogP contribution in [0, 0.1) is 12.8 Å². The number of rotatable bonds is 4. The Morgan fingerprint density at radius 1 is 1.33 bits per heavy atom. The van der Waals surface area contributed by atoms with E-state index in [0.717, 1.165) is 5.56 Å². The number of carbonyl (C=O) groups excluding carboxylic acids is 2. The van der Waals surface area contributed by atoms with Gasteiger partial charge in [0.2, 0.25) is 11.8 Å². The lowest BCUT2D eigenvalue weighted by Gasteiger charge is -2.39. The molecule has 2 atom stereocenters. The van der Waals surface area contributed by atoms with E-state index in [1.807, 2.05) is 33.8 Å². The van der Waals surface area contributed by atoms with Gasteiger partial charge in [-0.25, -0.2) is 0 Å². The van der Waals surface area contributed by atoms with E-state index in [-0.39, 0.29) is 11.8 Å². The van der Waals surface area contributed by atoms with Gasteiger partial charge in [0.25, 0.3) is 0 Å². The second kappa shape index (κ2) is 6.24. The average molecular weight is 289 g/mol. The number of aryl methyl sites for hydroxylation is 1. The zero-order chi connectivity index (χ0) is 15.6. The molecule has 1 aliphatic rings. The molecule has 5 nitrogen and oxygen atoms in total. The maximum Gasteiger partial charge on any atom is 0.250 e. The second-order valence-corrected chi connectivity index (χ2v) is 6.04. The summed E-state index contributed by atoms with van der Waals surface area (Å²) in [4.78, 5) is 30.8. The summed E-state index contributed by atoms with van der Waals surface area (Å²) in [7, 11) is 0. The first-order valence-corrected chi connectivity index (χ1v) is 7.49. The van der Waals surface area contributed by atoms with Crippen LogP contribution in [0.2, 0.25) is 0 Å². The number of carbonyl (C=O) groups is 2. The lowest BCUT2D eigenvalue weighted by molar-refractivity contribution is -0.134. The van der Waals surface area contributed by atoms with E-state index < -0.39 is 12.1 Å². The van der Waals surface area contributed by atoms with E-state index in [1.165, 1.54) is 0 Å². The van der Waals surface area contributed by atoms with Gasteiger partial charge in [-0.2, -0.15) is 0 Å². The van der Waals surface area contributed by atoms with Crippen LogP contribution in [0.3, 0.4) is 0 Å². The number of nitrogens with one attached hydrogen (secondary N) is 1. The summed E-state index contributed by atoms with van der Waals surface area (Å²) in [5, 5.41) is 2.86. The number of piperazine rings is 1. The number of hydrogen-bond donors (Lipinski definition) is 1. The molecule has 1 aromatic rings. The highest BCUT2D eigenvalue weighted by atomic mass is 16.2. The molecule has 2 rings (SSSR count). The van der Waals surface area contributed by atoms with Crippen LogP contribution >= 0.6 is 0 Å². The van der Waals surface area contributed by atoms with Gasteiger partial charge in [0.1, 0.15) is 12.1 Å². The molecule has 5 heteroatoms. The summed E-state index contributed by atoms with van der Waals surface area (Å²) < 4.78 is 0. The molecular weight excluding hydrogens is 266 g/mol. The molecule has 1 aliphatic heterocycles. The highest BCUT2D eigenvalue weighted by molar-refractivity contribution is 6.08. The third kappa shape index (κ3) is 3.23. The van der Waals surface area contributed by atoms with Gasteiger partial charge in [0.15, 0.2) is 0 Å². The molecule has 0 bridgehead atoms. The maximum absolute atomic E-state index is 12.8. The van der Waals surface area contributed by atoms with E-state index >= 15 is 0 Å². The molecule has 0 spiro atoms. The molecule has 0 radical (unpaired) electrons. The van der Waals surface area contributed by atoms with Gasteiger partial charge in [-0.05, 0) is 37.3 Å². The highest BCUT2D eigenvalue weighted by Gasteiger charge is 2.40. The molecular formula is C16H23N3O2. The molecule has 0 saturated carbocycles. The van der Waals surface area contributed by atoms with Crippen molar-refractivity contribution in [3.8, 4) is 0 Å². The van der Waals surface area contributed by atoms with Crippen LogP contribution in [0.15, 0.2) is 18.5 Å². The predicted octanol–water partition coefficient (Wildman–Crippen LogP) is 2.05. The molecule has 114 valence electrons. The van der Waals surface area contributed by atoms with Gasteiger partial charge in [-0.15, -0.1) is 0 Å². The number of anilines is 1. The van der Waals surface area contributed by atoms with E-state index in [4.69, 9.17) is 0 Å². The van der Waals surface area contributed by atoms with Gasteiger partial charge in [0, 0.05) is 6.20 Å². The first-order chi connectivity index (χ1) is 9.93. The SMILES string of the molecule is CCC1C(=O)NC(CC(C)C)C(=O)N1c1cncc(C)c1.